The van der Waals surface area contributed by atoms with E-state index >= 15 is 0 Å². The van der Waals surface area contributed by atoms with E-state index in [1.165, 1.54) is 48.9 Å². The van der Waals surface area contributed by atoms with Crippen LogP contribution in [0.5, 0.6) is 0 Å². The van der Waals surface area contributed by atoms with E-state index in [0.29, 0.717) is 6.04 Å². The first-order valence-electron chi connectivity index (χ1n) is 10.3. The summed E-state index contributed by atoms with van der Waals surface area (Å²) < 4.78 is 0. The first-order chi connectivity index (χ1) is 13.3. The van der Waals surface area contributed by atoms with Crippen LogP contribution in [0.4, 0.5) is 0 Å². The van der Waals surface area contributed by atoms with Crippen molar-refractivity contribution < 1.29 is 0 Å². The van der Waals surface area contributed by atoms with E-state index in [1.807, 2.05) is 0 Å². The average molecular weight is 354 g/mol. The standard InChI is InChI=1S/C26H27N/c1-2-6-22(7-3-1)23-13-10-20(11-14-23)18-27-19-21-12-15-26(27)17-25-9-5-4-8-24(25)16-21/h1-11,13-14,21,26H,12,15-19H2/t21-,26+/m1/s1. The summed E-state index contributed by atoms with van der Waals surface area (Å²) >= 11 is 0. The Morgan fingerprint density at radius 3 is 2.11 bits per heavy atom. The van der Waals surface area contributed by atoms with E-state index in [1.54, 1.807) is 11.1 Å². The lowest BCUT2D eigenvalue weighted by Gasteiger charge is -2.42. The molecule has 3 aromatic carbocycles. The van der Waals surface area contributed by atoms with Crippen molar-refractivity contribution >= 4 is 0 Å². The largest absolute Gasteiger partial charge is 0.296 e. The number of hydrogen-bond acceptors (Lipinski definition) is 1. The molecule has 2 aliphatic heterocycles. The Morgan fingerprint density at radius 1 is 0.667 bits per heavy atom. The zero-order valence-electron chi connectivity index (χ0n) is 15.9. The van der Waals surface area contributed by atoms with E-state index in [4.69, 9.17) is 0 Å². The monoisotopic (exact) mass is 353 g/mol. The molecule has 2 heterocycles. The zero-order chi connectivity index (χ0) is 18.1. The lowest BCUT2D eigenvalue weighted by Crippen LogP contribution is -2.46. The SMILES string of the molecule is c1ccc(-c2ccc(CN3C[C@@H]4CC[C@H]3Cc3ccccc3C4)cc2)cc1. The summed E-state index contributed by atoms with van der Waals surface area (Å²) in [6.45, 7) is 2.33. The third-order valence-electron chi connectivity index (χ3n) is 6.45. The van der Waals surface area contributed by atoms with Crippen molar-refractivity contribution in [1.82, 2.24) is 4.90 Å². The predicted molar refractivity (Wildman–Crippen MR) is 113 cm³/mol. The molecular formula is C26H27N. The maximum atomic E-state index is 2.75. The Kier molecular flexibility index (Phi) is 4.55. The van der Waals surface area contributed by atoms with Gasteiger partial charge in [-0.1, -0.05) is 78.9 Å². The number of rotatable bonds is 3. The van der Waals surface area contributed by atoms with E-state index < -0.39 is 0 Å². The first-order valence-corrected chi connectivity index (χ1v) is 10.3. The normalized spacial score (nSPS) is 22.1. The number of nitrogens with zero attached hydrogens (tertiary/aromatic N) is 1. The van der Waals surface area contributed by atoms with Gasteiger partial charge in [-0.25, -0.2) is 0 Å². The quantitative estimate of drug-likeness (QED) is 0.581. The molecule has 2 atom stereocenters. The van der Waals surface area contributed by atoms with Crippen molar-refractivity contribution in [2.24, 2.45) is 5.92 Å². The minimum Gasteiger partial charge on any atom is -0.296 e. The fourth-order valence-corrected chi connectivity index (χ4v) is 4.96. The number of piperidine rings is 1. The molecule has 1 heteroatoms. The highest BCUT2D eigenvalue weighted by Gasteiger charge is 2.31. The lowest BCUT2D eigenvalue weighted by atomic mass is 9.80. The molecule has 1 nitrogen and oxygen atoms in total. The molecule has 136 valence electrons. The van der Waals surface area contributed by atoms with Gasteiger partial charge in [0.15, 0.2) is 0 Å². The average Bonchev–Trinajstić information content (AvgIpc) is 2.70. The van der Waals surface area contributed by atoms with Gasteiger partial charge in [-0.2, -0.15) is 0 Å². The van der Waals surface area contributed by atoms with Crippen LogP contribution < -0.4 is 0 Å². The second-order valence-electron chi connectivity index (χ2n) is 8.27. The van der Waals surface area contributed by atoms with Crippen molar-refractivity contribution in [2.45, 2.75) is 38.3 Å². The van der Waals surface area contributed by atoms with Crippen LogP contribution in [0, 0.1) is 5.92 Å². The highest BCUT2D eigenvalue weighted by molar-refractivity contribution is 5.63. The Hall–Kier alpha value is -2.38. The van der Waals surface area contributed by atoms with Gasteiger partial charge in [0.1, 0.15) is 0 Å². The van der Waals surface area contributed by atoms with Gasteiger partial charge in [-0.05, 0) is 59.4 Å². The maximum absolute atomic E-state index is 2.75. The van der Waals surface area contributed by atoms with E-state index in [-0.39, 0.29) is 0 Å². The second-order valence-corrected chi connectivity index (χ2v) is 8.27. The predicted octanol–water partition coefficient (Wildman–Crippen LogP) is 5.73. The molecule has 2 bridgehead atoms. The minimum absolute atomic E-state index is 0.691. The molecule has 0 saturated carbocycles. The van der Waals surface area contributed by atoms with Crippen LogP contribution in [-0.2, 0) is 19.4 Å². The Bertz CT molecular complexity index is 897. The maximum Gasteiger partial charge on any atom is 0.0236 e. The Morgan fingerprint density at radius 2 is 1.33 bits per heavy atom. The molecule has 0 unspecified atom stereocenters. The fraction of sp³-hybridized carbons (Fsp3) is 0.308. The van der Waals surface area contributed by atoms with Gasteiger partial charge in [0.05, 0.1) is 0 Å². The molecule has 1 saturated heterocycles. The van der Waals surface area contributed by atoms with Gasteiger partial charge in [0.25, 0.3) is 0 Å². The highest BCUT2D eigenvalue weighted by Crippen LogP contribution is 2.33. The summed E-state index contributed by atoms with van der Waals surface area (Å²) in [5, 5.41) is 0. The molecule has 3 aliphatic rings. The topological polar surface area (TPSA) is 3.24 Å². The second kappa shape index (κ2) is 7.32. The van der Waals surface area contributed by atoms with E-state index in [2.05, 4.69) is 83.8 Å². The van der Waals surface area contributed by atoms with Crippen LogP contribution in [0.3, 0.4) is 0 Å². The number of hydrogen-bond donors (Lipinski definition) is 0. The van der Waals surface area contributed by atoms with Crippen LogP contribution in [-0.4, -0.2) is 17.5 Å². The molecule has 0 radical (unpaired) electrons. The third-order valence-corrected chi connectivity index (χ3v) is 6.45. The molecule has 0 N–H and O–H groups in total. The Labute approximate surface area is 162 Å². The van der Waals surface area contributed by atoms with Crippen LogP contribution in [0.25, 0.3) is 11.1 Å². The molecule has 3 aromatic rings. The van der Waals surface area contributed by atoms with Crippen molar-refractivity contribution in [3.8, 4) is 11.1 Å². The summed E-state index contributed by atoms with van der Waals surface area (Å²) in [5.41, 5.74) is 7.22. The molecule has 27 heavy (non-hydrogen) atoms. The van der Waals surface area contributed by atoms with Crippen LogP contribution >= 0.6 is 0 Å². The van der Waals surface area contributed by atoms with E-state index in [0.717, 1.165) is 12.5 Å². The van der Waals surface area contributed by atoms with Gasteiger partial charge in [0.2, 0.25) is 0 Å². The summed E-state index contributed by atoms with van der Waals surface area (Å²) in [4.78, 5) is 2.75. The van der Waals surface area contributed by atoms with Gasteiger partial charge < -0.3 is 0 Å². The van der Waals surface area contributed by atoms with Gasteiger partial charge >= 0.3 is 0 Å². The van der Waals surface area contributed by atoms with Crippen molar-refractivity contribution in [3.63, 3.8) is 0 Å². The molecule has 0 spiro atoms. The minimum atomic E-state index is 0.691. The number of benzene rings is 3. The first kappa shape index (κ1) is 16.8. The van der Waals surface area contributed by atoms with Crippen molar-refractivity contribution in [3.05, 3.63) is 95.6 Å². The molecule has 1 fully saturated rings. The van der Waals surface area contributed by atoms with Gasteiger partial charge in [-0.15, -0.1) is 0 Å². The number of fused-ring (bicyclic) bond motifs is 2. The van der Waals surface area contributed by atoms with E-state index in [9.17, 15) is 0 Å². The van der Waals surface area contributed by atoms with Crippen molar-refractivity contribution in [2.75, 3.05) is 6.54 Å². The highest BCUT2D eigenvalue weighted by atomic mass is 15.2. The smallest absolute Gasteiger partial charge is 0.0236 e. The lowest BCUT2D eigenvalue weighted by molar-refractivity contribution is 0.0938. The molecule has 0 amide bonds. The zero-order valence-corrected chi connectivity index (χ0v) is 15.9. The molecule has 0 aromatic heterocycles. The summed E-state index contributed by atoms with van der Waals surface area (Å²) in [7, 11) is 0. The van der Waals surface area contributed by atoms with Crippen LogP contribution in [0.1, 0.15) is 29.5 Å². The third kappa shape index (κ3) is 3.57. The van der Waals surface area contributed by atoms with Crippen molar-refractivity contribution in [1.29, 1.82) is 0 Å². The van der Waals surface area contributed by atoms with Gasteiger partial charge in [-0.3, -0.25) is 4.90 Å². The van der Waals surface area contributed by atoms with Crippen LogP contribution in [0.2, 0.25) is 0 Å². The molecule has 1 aliphatic carbocycles. The summed E-state index contributed by atoms with van der Waals surface area (Å²) in [6.07, 6.45) is 5.21. The molecule has 6 rings (SSSR count). The van der Waals surface area contributed by atoms with Crippen LogP contribution in [0.15, 0.2) is 78.9 Å². The summed E-state index contributed by atoms with van der Waals surface area (Å²) in [6, 6.07) is 29.7. The fourth-order valence-electron chi connectivity index (χ4n) is 4.96. The molecular weight excluding hydrogens is 326 g/mol. The Balaban J connectivity index is 1.34. The van der Waals surface area contributed by atoms with Gasteiger partial charge in [0, 0.05) is 19.1 Å². The summed E-state index contributed by atoms with van der Waals surface area (Å²) in [5.74, 6) is 0.811.